The summed E-state index contributed by atoms with van der Waals surface area (Å²) in [5.41, 5.74) is 3.17. The predicted molar refractivity (Wildman–Crippen MR) is 99.9 cm³/mol. The van der Waals surface area contributed by atoms with Gasteiger partial charge in [-0.1, -0.05) is 0 Å². The van der Waals surface area contributed by atoms with Crippen LogP contribution >= 0.6 is 11.3 Å². The molecule has 0 aliphatic carbocycles. The number of nitrogens with zero attached hydrogens (tertiary/aromatic N) is 4. The molecule has 7 nitrogen and oxygen atoms in total. The first-order chi connectivity index (χ1) is 12.4. The van der Waals surface area contributed by atoms with E-state index in [-0.39, 0.29) is 24.5 Å². The molecule has 2 aromatic heterocycles. The number of carbonyl (C=O) groups is 2. The van der Waals surface area contributed by atoms with Crippen molar-refractivity contribution >= 4 is 28.7 Å². The van der Waals surface area contributed by atoms with Crippen molar-refractivity contribution in [2.24, 2.45) is 0 Å². The van der Waals surface area contributed by atoms with E-state index in [9.17, 15) is 9.59 Å². The zero-order valence-corrected chi connectivity index (χ0v) is 15.6. The minimum atomic E-state index is -0.183. The van der Waals surface area contributed by atoms with Crippen LogP contribution in [0.5, 0.6) is 0 Å². The van der Waals surface area contributed by atoms with Gasteiger partial charge in [-0.3, -0.25) is 9.59 Å². The van der Waals surface area contributed by atoms with Crippen LogP contribution in [0.1, 0.15) is 38.5 Å². The molecular weight excluding hydrogens is 350 g/mol. The molecule has 134 valence electrons. The lowest BCUT2D eigenvalue weighted by Gasteiger charge is -2.09. The van der Waals surface area contributed by atoms with Gasteiger partial charge in [0, 0.05) is 33.8 Å². The number of Topliss-reactive ketones (excluding diaryl/α,β-unsaturated/α-hetero) is 1. The maximum Gasteiger partial charge on any atom is 0.224 e. The van der Waals surface area contributed by atoms with Crippen molar-refractivity contribution in [1.82, 2.24) is 20.2 Å². The molecule has 1 amide bonds. The van der Waals surface area contributed by atoms with Crippen LogP contribution in [0.15, 0.2) is 30.6 Å². The van der Waals surface area contributed by atoms with Gasteiger partial charge in [-0.2, -0.15) is 0 Å². The van der Waals surface area contributed by atoms with Gasteiger partial charge in [-0.05, 0) is 61.0 Å². The third-order valence-electron chi connectivity index (χ3n) is 4.00. The Labute approximate surface area is 155 Å². The van der Waals surface area contributed by atoms with Crippen molar-refractivity contribution in [3.8, 4) is 5.69 Å². The van der Waals surface area contributed by atoms with Gasteiger partial charge in [-0.15, -0.1) is 16.4 Å². The fraction of sp³-hybridized carbons (Fsp3) is 0.278. The van der Waals surface area contributed by atoms with Crippen LogP contribution in [0.3, 0.4) is 0 Å². The Hall–Kier alpha value is -2.87. The number of carbonyl (C=O) groups excluding carboxylic acids is 2. The molecule has 0 atom stereocenters. The highest BCUT2D eigenvalue weighted by molar-refractivity contribution is 7.12. The van der Waals surface area contributed by atoms with Crippen molar-refractivity contribution in [1.29, 1.82) is 0 Å². The van der Waals surface area contributed by atoms with Crippen LogP contribution in [-0.4, -0.2) is 31.9 Å². The largest absolute Gasteiger partial charge is 0.326 e. The van der Waals surface area contributed by atoms with Crippen molar-refractivity contribution in [2.75, 3.05) is 5.32 Å². The Bertz CT molecular complexity index is 947. The number of nitrogens with one attached hydrogen (secondary N) is 1. The van der Waals surface area contributed by atoms with Crippen LogP contribution in [0.2, 0.25) is 0 Å². The van der Waals surface area contributed by atoms with Gasteiger partial charge in [0.1, 0.15) is 6.33 Å². The smallest absolute Gasteiger partial charge is 0.224 e. The maximum absolute atomic E-state index is 12.3. The van der Waals surface area contributed by atoms with Crippen molar-refractivity contribution < 1.29 is 9.59 Å². The number of benzene rings is 1. The lowest BCUT2D eigenvalue weighted by molar-refractivity contribution is -0.116. The van der Waals surface area contributed by atoms with E-state index in [2.05, 4.69) is 20.8 Å². The molecule has 0 bridgehead atoms. The number of aryl methyl sites for hydroxylation is 3. The van der Waals surface area contributed by atoms with Crippen LogP contribution in [-0.2, 0) is 4.79 Å². The fourth-order valence-corrected chi connectivity index (χ4v) is 3.70. The summed E-state index contributed by atoms with van der Waals surface area (Å²) in [7, 11) is 0. The quantitative estimate of drug-likeness (QED) is 0.674. The Balaban J connectivity index is 1.59. The molecule has 3 aromatic rings. The summed E-state index contributed by atoms with van der Waals surface area (Å²) in [5, 5.41) is 13.9. The van der Waals surface area contributed by atoms with E-state index in [1.54, 1.807) is 22.1 Å². The van der Waals surface area contributed by atoms with E-state index in [0.717, 1.165) is 26.6 Å². The van der Waals surface area contributed by atoms with Gasteiger partial charge >= 0.3 is 0 Å². The first-order valence-electron chi connectivity index (χ1n) is 8.18. The number of ketones is 1. The van der Waals surface area contributed by atoms with Gasteiger partial charge in [0.05, 0.1) is 5.69 Å². The highest BCUT2D eigenvalue weighted by atomic mass is 32.1. The molecule has 26 heavy (non-hydrogen) atoms. The monoisotopic (exact) mass is 369 g/mol. The second-order valence-electron chi connectivity index (χ2n) is 6.05. The number of hydrogen-bond donors (Lipinski definition) is 1. The Morgan fingerprint density at radius 1 is 1.15 bits per heavy atom. The molecule has 0 radical (unpaired) electrons. The van der Waals surface area contributed by atoms with Crippen molar-refractivity contribution in [3.05, 3.63) is 51.5 Å². The number of aromatic nitrogens is 4. The number of hydrogen-bond acceptors (Lipinski definition) is 6. The molecule has 1 aromatic carbocycles. The zero-order valence-electron chi connectivity index (χ0n) is 14.8. The highest BCUT2D eigenvalue weighted by Gasteiger charge is 2.14. The molecule has 8 heteroatoms. The van der Waals surface area contributed by atoms with Gasteiger partial charge in [-0.25, -0.2) is 4.68 Å². The Morgan fingerprint density at radius 3 is 2.58 bits per heavy atom. The number of anilines is 1. The van der Waals surface area contributed by atoms with Crippen LogP contribution < -0.4 is 5.32 Å². The molecule has 3 rings (SSSR count). The summed E-state index contributed by atoms with van der Waals surface area (Å²) < 4.78 is 1.56. The van der Waals surface area contributed by atoms with Crippen LogP contribution in [0.4, 0.5) is 5.69 Å². The highest BCUT2D eigenvalue weighted by Crippen LogP contribution is 2.22. The first kappa shape index (κ1) is 17.9. The zero-order chi connectivity index (χ0) is 18.7. The predicted octanol–water partition coefficient (Wildman–Crippen LogP) is 3.25. The summed E-state index contributed by atoms with van der Waals surface area (Å²) in [6, 6.07) is 7.37. The van der Waals surface area contributed by atoms with Crippen LogP contribution in [0.25, 0.3) is 5.69 Å². The Kier molecular flexibility index (Phi) is 5.22. The fourth-order valence-electron chi connectivity index (χ4n) is 2.75. The molecular formula is C18H19N5O2S. The second kappa shape index (κ2) is 7.57. The number of thiophene rings is 1. The Morgan fingerprint density at radius 2 is 1.96 bits per heavy atom. The first-order valence-corrected chi connectivity index (χ1v) is 9.00. The molecule has 0 spiro atoms. The van der Waals surface area contributed by atoms with Gasteiger partial charge in [0.25, 0.3) is 0 Å². The molecule has 0 unspecified atom stereocenters. The van der Waals surface area contributed by atoms with E-state index in [1.807, 2.05) is 39.0 Å². The molecule has 0 saturated carbocycles. The van der Waals surface area contributed by atoms with E-state index >= 15 is 0 Å². The summed E-state index contributed by atoms with van der Waals surface area (Å²) in [4.78, 5) is 26.5. The SMILES string of the molecule is Cc1cc(C(=O)CCC(=O)Nc2ccc(-n3cnnn3)c(C)c2)c(C)s1. The van der Waals surface area contributed by atoms with Gasteiger partial charge < -0.3 is 5.32 Å². The van der Waals surface area contributed by atoms with E-state index in [1.165, 1.54) is 6.33 Å². The standard InChI is InChI=1S/C18H19N5O2S/c1-11-8-14(4-5-16(11)23-10-19-21-22-23)20-18(25)7-6-17(24)15-9-12(2)26-13(15)3/h4-5,8-10H,6-7H2,1-3H3,(H,20,25). The number of amides is 1. The summed E-state index contributed by atoms with van der Waals surface area (Å²) >= 11 is 1.60. The summed E-state index contributed by atoms with van der Waals surface area (Å²) in [5.74, 6) is -0.176. The maximum atomic E-state index is 12.3. The lowest BCUT2D eigenvalue weighted by atomic mass is 10.1. The average molecular weight is 369 g/mol. The second-order valence-corrected chi connectivity index (χ2v) is 7.51. The van der Waals surface area contributed by atoms with Crippen molar-refractivity contribution in [3.63, 3.8) is 0 Å². The third kappa shape index (κ3) is 4.02. The summed E-state index contributed by atoms with van der Waals surface area (Å²) in [6.07, 6.45) is 1.87. The van der Waals surface area contributed by atoms with Crippen molar-refractivity contribution in [2.45, 2.75) is 33.6 Å². The molecule has 0 saturated heterocycles. The normalized spacial score (nSPS) is 10.7. The minimum absolute atomic E-state index is 0.00668. The molecule has 0 aliphatic rings. The van der Waals surface area contributed by atoms with E-state index in [4.69, 9.17) is 0 Å². The molecule has 1 N–H and O–H groups in total. The number of rotatable bonds is 6. The van der Waals surface area contributed by atoms with Crippen LogP contribution in [0, 0.1) is 20.8 Å². The third-order valence-corrected chi connectivity index (χ3v) is 4.96. The molecule has 0 fully saturated rings. The molecule has 0 aliphatic heterocycles. The number of tetrazole rings is 1. The van der Waals surface area contributed by atoms with E-state index in [0.29, 0.717) is 5.69 Å². The minimum Gasteiger partial charge on any atom is -0.326 e. The van der Waals surface area contributed by atoms with Gasteiger partial charge in [0.15, 0.2) is 5.78 Å². The summed E-state index contributed by atoms with van der Waals surface area (Å²) in [6.45, 7) is 5.82. The van der Waals surface area contributed by atoms with Gasteiger partial charge in [0.2, 0.25) is 5.91 Å². The van der Waals surface area contributed by atoms with E-state index < -0.39 is 0 Å². The lowest BCUT2D eigenvalue weighted by Crippen LogP contribution is -2.14. The topological polar surface area (TPSA) is 89.8 Å². The molecule has 2 heterocycles. The average Bonchev–Trinajstić information content (AvgIpc) is 3.22.